The Kier molecular flexibility index (Phi) is 17.4. The first kappa shape index (κ1) is 50.5. The van der Waals surface area contributed by atoms with Crippen LogP contribution in [0.5, 0.6) is 0 Å². The molecule has 0 spiro atoms. The van der Waals surface area contributed by atoms with E-state index in [0.717, 1.165) is 50.8 Å². The largest absolute Gasteiger partial charge is 0.353 e. The van der Waals surface area contributed by atoms with E-state index >= 15 is 0 Å². The third-order valence-electron chi connectivity index (χ3n) is 14.5. The van der Waals surface area contributed by atoms with Crippen molar-refractivity contribution in [2.75, 3.05) is 16.8 Å². The summed E-state index contributed by atoms with van der Waals surface area (Å²) in [5.74, 6) is 2.12. The Morgan fingerprint density at radius 2 is 1.41 bits per heavy atom. The number of para-hydroxylation sites is 2. The number of benzene rings is 4. The smallest absolute Gasteiger partial charge is 0.213 e. The monoisotopic (exact) mass is 899 g/mol. The van der Waals surface area contributed by atoms with Gasteiger partial charge in [-0.05, 0) is 113 Å². The second-order valence-corrected chi connectivity index (χ2v) is 26.2. The normalized spacial score (nSPS) is 15.3. The summed E-state index contributed by atoms with van der Waals surface area (Å²) < 4.78 is 2.73. The maximum atomic E-state index is 5.11. The number of aromatic nitrogens is 1. The van der Waals surface area contributed by atoms with Crippen LogP contribution in [0.4, 0.5) is 17.1 Å². The quantitative estimate of drug-likeness (QED) is 0.0424. The minimum absolute atomic E-state index is 0.188. The summed E-state index contributed by atoms with van der Waals surface area (Å²) in [6.45, 7) is 39.2. The van der Waals surface area contributed by atoms with Crippen LogP contribution in [0, 0.1) is 11.8 Å². The summed E-state index contributed by atoms with van der Waals surface area (Å²) in [4.78, 5) is 2.58. The van der Waals surface area contributed by atoms with Crippen molar-refractivity contribution in [2.45, 2.75) is 157 Å². The Morgan fingerprint density at radius 3 is 2.03 bits per heavy atom. The Morgan fingerprint density at radius 1 is 0.773 bits per heavy atom. The summed E-state index contributed by atoms with van der Waals surface area (Å²) in [7, 11) is -1.74. The average molecular weight is 899 g/mol. The molecule has 2 heterocycles. The molecule has 3 unspecified atom stereocenters. The van der Waals surface area contributed by atoms with Crippen LogP contribution < -0.4 is 20.0 Å². The number of hydrogen-bond donors (Lipinski definition) is 1. The fourth-order valence-corrected chi connectivity index (χ4v) is 11.9. The zero-order valence-corrected chi connectivity index (χ0v) is 44.1. The van der Waals surface area contributed by atoms with Crippen LogP contribution in [0.2, 0.25) is 19.6 Å². The lowest BCUT2D eigenvalue weighted by Crippen LogP contribution is -2.54. The minimum atomic E-state index is -1.74. The van der Waals surface area contributed by atoms with E-state index in [-0.39, 0.29) is 6.04 Å². The minimum Gasteiger partial charge on any atom is -0.353 e. The van der Waals surface area contributed by atoms with Crippen molar-refractivity contribution in [3.63, 3.8) is 0 Å². The molecule has 4 aromatic carbocycles. The molecule has 350 valence electrons. The van der Waals surface area contributed by atoms with Crippen LogP contribution in [0.15, 0.2) is 140 Å². The van der Waals surface area contributed by atoms with E-state index in [1.165, 1.54) is 74.6 Å². The highest BCUT2D eigenvalue weighted by molar-refractivity contribution is 6.89. The van der Waals surface area contributed by atoms with Gasteiger partial charge in [0.05, 0.1) is 25.9 Å². The topological polar surface area (TPSA) is 19.1 Å². The molecule has 5 aromatic rings. The molecule has 1 N–H and O–H groups in total. The molecular weight excluding hydrogens is 815 g/mol. The number of nitrogens with zero attached hydrogens (tertiary/aromatic N) is 2. The van der Waals surface area contributed by atoms with Crippen LogP contribution in [0.3, 0.4) is 0 Å². The molecule has 0 aliphatic carbocycles. The fourth-order valence-electron chi connectivity index (χ4n) is 10.3. The molecule has 1 aromatic heterocycles. The first-order valence-corrected chi connectivity index (χ1v) is 29.2. The lowest BCUT2D eigenvalue weighted by atomic mass is 9.77. The maximum absolute atomic E-state index is 5.11. The van der Waals surface area contributed by atoms with E-state index in [1.807, 2.05) is 0 Å². The summed E-state index contributed by atoms with van der Waals surface area (Å²) in [5.41, 5.74) is 16.9. The molecule has 1 aliphatic rings. The van der Waals surface area contributed by atoms with E-state index in [1.54, 1.807) is 10.8 Å². The first-order chi connectivity index (χ1) is 31.6. The van der Waals surface area contributed by atoms with E-state index in [4.69, 9.17) is 6.58 Å². The molecule has 3 nitrogen and oxygen atoms in total. The molecule has 1 aliphatic heterocycles. The van der Waals surface area contributed by atoms with Crippen molar-refractivity contribution in [1.82, 2.24) is 0 Å². The predicted molar refractivity (Wildman–Crippen MR) is 293 cm³/mol. The number of allylic oxidation sites excluding steroid dienone is 4. The van der Waals surface area contributed by atoms with Gasteiger partial charge in [-0.3, -0.25) is 0 Å². The molecule has 66 heavy (non-hydrogen) atoms. The van der Waals surface area contributed by atoms with Gasteiger partial charge in [0, 0.05) is 40.7 Å². The van der Waals surface area contributed by atoms with Crippen LogP contribution in [0.25, 0.3) is 22.4 Å². The Hall–Kier alpha value is -4.93. The van der Waals surface area contributed by atoms with Gasteiger partial charge in [-0.25, -0.2) is 0 Å². The highest BCUT2D eigenvalue weighted by atomic mass is 28.3. The van der Waals surface area contributed by atoms with Gasteiger partial charge in [-0.1, -0.05) is 193 Å². The molecule has 3 atom stereocenters. The maximum Gasteiger partial charge on any atom is 0.213 e. The molecule has 0 fully saturated rings. The second kappa shape index (κ2) is 22.7. The zero-order chi connectivity index (χ0) is 47.7. The Bertz CT molecular complexity index is 2420. The van der Waals surface area contributed by atoms with Gasteiger partial charge in [0.1, 0.15) is 0 Å². The lowest BCUT2D eigenvalue weighted by molar-refractivity contribution is -0.717. The zero-order valence-electron chi connectivity index (χ0n) is 43.1. The number of pyridine rings is 1. The Labute approximate surface area is 403 Å². The molecule has 0 radical (unpaired) electrons. The van der Waals surface area contributed by atoms with Crippen molar-refractivity contribution >= 4 is 30.3 Å². The molecule has 6 rings (SSSR count). The third kappa shape index (κ3) is 11.8. The van der Waals surface area contributed by atoms with Crippen molar-refractivity contribution in [3.8, 4) is 22.4 Å². The molecule has 0 bridgehead atoms. The van der Waals surface area contributed by atoms with E-state index in [9.17, 15) is 0 Å². The van der Waals surface area contributed by atoms with Gasteiger partial charge >= 0.3 is 0 Å². The van der Waals surface area contributed by atoms with Crippen molar-refractivity contribution in [3.05, 3.63) is 162 Å². The van der Waals surface area contributed by atoms with E-state index < -0.39 is 8.07 Å². The van der Waals surface area contributed by atoms with E-state index in [0.29, 0.717) is 29.6 Å². The van der Waals surface area contributed by atoms with E-state index in [2.05, 4.69) is 219 Å². The van der Waals surface area contributed by atoms with Gasteiger partial charge < -0.3 is 10.2 Å². The van der Waals surface area contributed by atoms with Crippen molar-refractivity contribution in [2.24, 2.45) is 11.8 Å². The van der Waals surface area contributed by atoms with Gasteiger partial charge in [0.2, 0.25) is 5.69 Å². The lowest BCUT2D eigenvalue weighted by Gasteiger charge is -2.36. The average Bonchev–Trinajstić information content (AvgIpc) is 3.31. The van der Waals surface area contributed by atoms with Crippen LogP contribution in [-0.4, -0.2) is 14.6 Å². The highest BCUT2D eigenvalue weighted by Crippen LogP contribution is 2.46. The number of fused-ring (bicyclic) bond motifs is 3. The molecule has 0 saturated heterocycles. The predicted octanol–water partition coefficient (Wildman–Crippen LogP) is 17.2. The summed E-state index contributed by atoms with van der Waals surface area (Å²) in [5, 5.41) is 5.73. The molecule has 4 heteroatoms. The van der Waals surface area contributed by atoms with Gasteiger partial charge in [0.15, 0.2) is 12.2 Å². The van der Waals surface area contributed by atoms with Gasteiger partial charge in [-0.15, -0.1) is 0 Å². The van der Waals surface area contributed by atoms with Crippen molar-refractivity contribution < 1.29 is 4.57 Å². The molecule has 0 saturated carbocycles. The summed E-state index contributed by atoms with van der Waals surface area (Å²) >= 11 is 0. The Balaban J connectivity index is 1.50. The number of nitrogens with one attached hydrogen (secondary N) is 1. The van der Waals surface area contributed by atoms with Crippen molar-refractivity contribution in [1.29, 1.82) is 0 Å². The number of hydrogen-bond acceptors (Lipinski definition) is 2. The molecule has 0 amide bonds. The standard InChI is InChI=1S/C62H84N3Si/c1-15-19-27-46(10)34-35-54-52-30-23-24-31-53(52)60-40-51(37-48(17-3)18-4)61(66(12,13)14)42-65(60)59(54)36-47(11)64(41-45(9)16-2)58-33-26-25-32-57(58)63-62-55(43(5)6)38-50(39-56(62)44(7)8)49-28-21-20-22-29-49/h19-33,38-40,42-45,48,54,59,63H,10-11,15-18,34-37,41H2,1-9,12-14H3/q+1/b27-19-. The first-order valence-electron chi connectivity index (χ1n) is 25.7. The third-order valence-corrected chi connectivity index (χ3v) is 16.6. The summed E-state index contributed by atoms with van der Waals surface area (Å²) in [6, 6.07) is 36.8. The van der Waals surface area contributed by atoms with Crippen LogP contribution >= 0.6 is 0 Å². The SMILES string of the molecule is C=C(/C=C\CC)CCC1c2ccccc2-c2cc(CC(CC)CC)c([Si](C)(C)C)c[n+]2C1CC(=C)N(CC(C)CC)c1ccccc1Nc1c(C(C)C)cc(-c2ccccc2)cc1C(C)C. The van der Waals surface area contributed by atoms with Gasteiger partial charge in [0.25, 0.3) is 0 Å². The van der Waals surface area contributed by atoms with Gasteiger partial charge in [-0.2, -0.15) is 4.57 Å². The van der Waals surface area contributed by atoms with Crippen LogP contribution in [-0.2, 0) is 6.42 Å². The van der Waals surface area contributed by atoms with Crippen LogP contribution in [0.1, 0.15) is 153 Å². The summed E-state index contributed by atoms with van der Waals surface area (Å²) in [6.07, 6.45) is 15.7. The fraction of sp³-hybridized carbons (Fsp3) is 0.435. The number of rotatable bonds is 22. The number of anilines is 3. The molecular formula is C62H84N3Si+. The highest BCUT2D eigenvalue weighted by Gasteiger charge is 2.42. The second-order valence-electron chi connectivity index (χ2n) is 21.2.